The average molecular weight is 332 g/mol. The van der Waals surface area contributed by atoms with E-state index in [-0.39, 0.29) is 12.2 Å². The molecule has 24 heavy (non-hydrogen) atoms. The molecule has 0 N–H and O–H groups in total. The second kappa shape index (κ2) is 7.11. The number of carbonyl (C=O) groups excluding carboxylic acids is 1. The van der Waals surface area contributed by atoms with E-state index in [1.165, 1.54) is 5.56 Å². The summed E-state index contributed by atoms with van der Waals surface area (Å²) in [5.74, 6) is 0. The van der Waals surface area contributed by atoms with E-state index in [0.29, 0.717) is 12.6 Å². The van der Waals surface area contributed by atoms with Crippen LogP contribution < -0.4 is 0 Å². The highest BCUT2D eigenvalue weighted by atomic mass is 16.6. The maximum atomic E-state index is 12.3. The van der Waals surface area contributed by atoms with Crippen LogP contribution in [0.4, 0.5) is 4.79 Å². The fourth-order valence-electron chi connectivity index (χ4n) is 3.48. The van der Waals surface area contributed by atoms with Crippen molar-refractivity contribution in [3.8, 4) is 0 Å². The van der Waals surface area contributed by atoms with Crippen molar-refractivity contribution < 1.29 is 14.3 Å². The molecule has 132 valence electrons. The number of ether oxygens (including phenoxy) is 2. The minimum atomic E-state index is -0.458. The minimum absolute atomic E-state index is 0.0729. The van der Waals surface area contributed by atoms with Gasteiger partial charge in [0, 0.05) is 25.7 Å². The second-order valence-electron chi connectivity index (χ2n) is 7.65. The molecule has 0 aliphatic carbocycles. The van der Waals surface area contributed by atoms with Gasteiger partial charge in [-0.15, -0.1) is 0 Å². The fourth-order valence-corrected chi connectivity index (χ4v) is 3.48. The zero-order valence-electron chi connectivity index (χ0n) is 14.9. The van der Waals surface area contributed by atoms with Crippen LogP contribution in [0.15, 0.2) is 30.3 Å². The lowest BCUT2D eigenvalue weighted by Gasteiger charge is -2.46. The Morgan fingerprint density at radius 1 is 1.25 bits per heavy atom. The predicted octanol–water partition coefficient (Wildman–Crippen LogP) is 2.90. The maximum Gasteiger partial charge on any atom is 0.410 e. The van der Waals surface area contributed by atoms with Gasteiger partial charge in [0.05, 0.1) is 19.3 Å². The summed E-state index contributed by atoms with van der Waals surface area (Å²) in [6.45, 7) is 9.65. The van der Waals surface area contributed by atoms with E-state index in [2.05, 4.69) is 29.2 Å². The Balaban J connectivity index is 1.60. The van der Waals surface area contributed by atoms with Crippen molar-refractivity contribution in [1.82, 2.24) is 9.80 Å². The summed E-state index contributed by atoms with van der Waals surface area (Å²) in [5, 5.41) is 0. The Morgan fingerprint density at radius 2 is 2.00 bits per heavy atom. The summed E-state index contributed by atoms with van der Waals surface area (Å²) in [6, 6.07) is 10.9. The normalized spacial score (nSPS) is 25.2. The molecule has 0 radical (unpaired) electrons. The van der Waals surface area contributed by atoms with E-state index in [9.17, 15) is 4.79 Å². The number of amides is 1. The van der Waals surface area contributed by atoms with Crippen molar-refractivity contribution in [3.05, 3.63) is 35.9 Å². The number of hydrogen-bond acceptors (Lipinski definition) is 4. The third-order valence-corrected chi connectivity index (χ3v) is 4.58. The molecule has 3 rings (SSSR count). The van der Waals surface area contributed by atoms with Gasteiger partial charge in [-0.1, -0.05) is 30.3 Å². The van der Waals surface area contributed by atoms with E-state index in [0.717, 1.165) is 32.7 Å². The van der Waals surface area contributed by atoms with Gasteiger partial charge < -0.3 is 14.4 Å². The first-order chi connectivity index (χ1) is 11.4. The molecule has 0 bridgehead atoms. The summed E-state index contributed by atoms with van der Waals surface area (Å²) < 4.78 is 11.5. The molecule has 0 unspecified atom stereocenters. The number of fused-ring (bicyclic) bond motifs is 1. The van der Waals surface area contributed by atoms with Crippen LogP contribution in [0.25, 0.3) is 0 Å². The van der Waals surface area contributed by atoms with Crippen molar-refractivity contribution >= 4 is 6.09 Å². The third kappa shape index (κ3) is 4.28. The van der Waals surface area contributed by atoms with E-state index in [1.807, 2.05) is 26.8 Å². The van der Waals surface area contributed by atoms with Crippen LogP contribution in [0.5, 0.6) is 0 Å². The Morgan fingerprint density at radius 3 is 2.71 bits per heavy atom. The van der Waals surface area contributed by atoms with Gasteiger partial charge in [-0.05, 0) is 32.8 Å². The van der Waals surface area contributed by atoms with Gasteiger partial charge in [0.2, 0.25) is 0 Å². The molecule has 2 fully saturated rings. The zero-order valence-corrected chi connectivity index (χ0v) is 14.9. The Kier molecular flexibility index (Phi) is 5.11. The average Bonchev–Trinajstić information content (AvgIpc) is 2.54. The quantitative estimate of drug-likeness (QED) is 0.835. The van der Waals surface area contributed by atoms with E-state index >= 15 is 0 Å². The molecule has 1 amide bonds. The summed E-state index contributed by atoms with van der Waals surface area (Å²) in [7, 11) is 0. The standard InChI is InChI=1S/C19H28N2O3/c1-19(2,3)24-18(22)21-10-9-16-17(14-21)23-12-11-20(16)13-15-7-5-4-6-8-15/h4-8,16-17H,9-14H2,1-3H3/t16-,17-/m0/s1. The van der Waals surface area contributed by atoms with Crippen LogP contribution >= 0.6 is 0 Å². The van der Waals surface area contributed by atoms with Crippen molar-refractivity contribution in [2.45, 2.75) is 51.5 Å². The first-order valence-electron chi connectivity index (χ1n) is 8.80. The fraction of sp³-hybridized carbons (Fsp3) is 0.632. The highest BCUT2D eigenvalue weighted by Crippen LogP contribution is 2.26. The maximum absolute atomic E-state index is 12.3. The first-order valence-corrected chi connectivity index (χ1v) is 8.80. The number of piperidine rings is 1. The molecule has 2 aliphatic heterocycles. The van der Waals surface area contributed by atoms with Gasteiger partial charge in [-0.2, -0.15) is 0 Å². The Hall–Kier alpha value is -1.59. The molecule has 1 aromatic carbocycles. The van der Waals surface area contributed by atoms with Crippen molar-refractivity contribution in [1.29, 1.82) is 0 Å². The number of hydrogen-bond donors (Lipinski definition) is 0. The molecular formula is C19H28N2O3. The topological polar surface area (TPSA) is 42.0 Å². The monoisotopic (exact) mass is 332 g/mol. The Labute approximate surface area is 144 Å². The molecule has 0 aromatic heterocycles. The summed E-state index contributed by atoms with van der Waals surface area (Å²) >= 11 is 0. The van der Waals surface area contributed by atoms with Gasteiger partial charge in [-0.3, -0.25) is 4.90 Å². The van der Waals surface area contributed by atoms with E-state index in [4.69, 9.17) is 9.47 Å². The number of rotatable bonds is 2. The van der Waals surface area contributed by atoms with Gasteiger partial charge >= 0.3 is 6.09 Å². The number of likely N-dealkylation sites (tertiary alicyclic amines) is 1. The number of morpholine rings is 1. The van der Waals surface area contributed by atoms with Crippen LogP contribution in [0.2, 0.25) is 0 Å². The highest BCUT2D eigenvalue weighted by Gasteiger charge is 2.39. The number of nitrogens with zero attached hydrogens (tertiary/aromatic N) is 2. The zero-order chi connectivity index (χ0) is 17.2. The first kappa shape index (κ1) is 17.2. The molecule has 0 spiro atoms. The third-order valence-electron chi connectivity index (χ3n) is 4.58. The van der Waals surface area contributed by atoms with Crippen LogP contribution in [-0.4, -0.2) is 59.9 Å². The Bertz CT molecular complexity index is 555. The van der Waals surface area contributed by atoms with Gasteiger partial charge in [0.25, 0.3) is 0 Å². The van der Waals surface area contributed by atoms with Gasteiger partial charge in [0.15, 0.2) is 0 Å². The van der Waals surface area contributed by atoms with Crippen LogP contribution in [0.1, 0.15) is 32.8 Å². The summed E-state index contributed by atoms with van der Waals surface area (Å²) in [4.78, 5) is 16.6. The van der Waals surface area contributed by atoms with Crippen molar-refractivity contribution in [3.63, 3.8) is 0 Å². The number of benzene rings is 1. The minimum Gasteiger partial charge on any atom is -0.444 e. The molecule has 2 aliphatic rings. The van der Waals surface area contributed by atoms with E-state index < -0.39 is 5.60 Å². The van der Waals surface area contributed by atoms with Crippen molar-refractivity contribution in [2.24, 2.45) is 0 Å². The van der Waals surface area contributed by atoms with E-state index in [1.54, 1.807) is 4.90 Å². The largest absolute Gasteiger partial charge is 0.444 e. The van der Waals surface area contributed by atoms with Crippen molar-refractivity contribution in [2.75, 3.05) is 26.2 Å². The van der Waals surface area contributed by atoms with Crippen LogP contribution in [0.3, 0.4) is 0 Å². The number of carbonyl (C=O) groups is 1. The van der Waals surface area contributed by atoms with Gasteiger partial charge in [0.1, 0.15) is 5.60 Å². The lowest BCUT2D eigenvalue weighted by Crippen LogP contribution is -2.60. The molecule has 1 aromatic rings. The smallest absolute Gasteiger partial charge is 0.410 e. The lowest BCUT2D eigenvalue weighted by atomic mass is 9.98. The van der Waals surface area contributed by atoms with Crippen LogP contribution in [-0.2, 0) is 16.0 Å². The summed E-state index contributed by atoms with van der Waals surface area (Å²) in [5.41, 5.74) is 0.869. The highest BCUT2D eigenvalue weighted by molar-refractivity contribution is 5.68. The van der Waals surface area contributed by atoms with Crippen LogP contribution in [0, 0.1) is 0 Å². The molecule has 5 nitrogen and oxygen atoms in total. The second-order valence-corrected chi connectivity index (χ2v) is 7.65. The summed E-state index contributed by atoms with van der Waals surface area (Å²) in [6.07, 6.45) is 0.768. The predicted molar refractivity (Wildman–Crippen MR) is 92.8 cm³/mol. The SMILES string of the molecule is CC(C)(C)OC(=O)N1CC[C@H]2[C@H](C1)OCCN2Cc1ccccc1. The molecular weight excluding hydrogens is 304 g/mol. The molecule has 2 heterocycles. The molecule has 2 saturated heterocycles. The van der Waals surface area contributed by atoms with Gasteiger partial charge in [-0.25, -0.2) is 4.79 Å². The molecule has 0 saturated carbocycles. The lowest BCUT2D eigenvalue weighted by molar-refractivity contribution is -0.107. The molecule has 2 atom stereocenters. The molecule has 5 heteroatoms.